The van der Waals surface area contributed by atoms with Crippen LogP contribution in [0.25, 0.3) is 16.9 Å². The number of oxazole rings is 1. The highest BCUT2D eigenvalue weighted by molar-refractivity contribution is 7.90. The predicted molar refractivity (Wildman–Crippen MR) is 87.9 cm³/mol. The molecule has 3 rings (SSSR count). The Morgan fingerprint density at radius 1 is 1.04 bits per heavy atom. The summed E-state index contributed by atoms with van der Waals surface area (Å²) >= 11 is 6.15. The molecule has 2 aromatic carbocycles. The molecule has 0 saturated carbocycles. The van der Waals surface area contributed by atoms with Gasteiger partial charge in [-0.2, -0.15) is 0 Å². The van der Waals surface area contributed by atoms with Crippen molar-refractivity contribution < 1.29 is 12.8 Å². The van der Waals surface area contributed by atoms with Crippen LogP contribution in [-0.2, 0) is 9.84 Å². The van der Waals surface area contributed by atoms with Crippen molar-refractivity contribution >= 4 is 21.4 Å². The minimum absolute atomic E-state index is 0.205. The van der Waals surface area contributed by atoms with Gasteiger partial charge in [0.2, 0.25) is 0 Å². The van der Waals surface area contributed by atoms with Crippen molar-refractivity contribution in [2.45, 2.75) is 4.90 Å². The van der Waals surface area contributed by atoms with Gasteiger partial charge in [-0.25, -0.2) is 17.8 Å². The molecule has 5 nitrogen and oxygen atoms in total. The normalized spacial score (nSPS) is 11.6. The van der Waals surface area contributed by atoms with E-state index in [0.717, 1.165) is 6.26 Å². The number of hydrogen-bond acceptors (Lipinski definition) is 4. The molecule has 7 heteroatoms. The van der Waals surface area contributed by atoms with Crippen LogP contribution in [0.15, 0.2) is 68.9 Å². The van der Waals surface area contributed by atoms with E-state index in [0.29, 0.717) is 22.0 Å². The van der Waals surface area contributed by atoms with E-state index in [1.54, 1.807) is 36.4 Å². The number of nitrogens with zero attached hydrogens (tertiary/aromatic N) is 1. The van der Waals surface area contributed by atoms with Crippen LogP contribution < -0.4 is 5.76 Å². The van der Waals surface area contributed by atoms with Crippen LogP contribution in [0.1, 0.15) is 0 Å². The lowest BCUT2D eigenvalue weighted by molar-refractivity contribution is 0.504. The van der Waals surface area contributed by atoms with Gasteiger partial charge in [-0.05, 0) is 24.3 Å². The average molecular weight is 350 g/mol. The summed E-state index contributed by atoms with van der Waals surface area (Å²) in [5, 5.41) is 0.407. The Hall–Kier alpha value is -2.31. The maximum Gasteiger partial charge on any atom is 0.424 e. The van der Waals surface area contributed by atoms with Crippen molar-refractivity contribution in [2.75, 3.05) is 6.26 Å². The molecule has 0 radical (unpaired) electrons. The van der Waals surface area contributed by atoms with Gasteiger partial charge < -0.3 is 4.42 Å². The minimum Gasteiger partial charge on any atom is -0.415 e. The predicted octanol–water partition coefficient (Wildman–Crippen LogP) is 3.15. The van der Waals surface area contributed by atoms with E-state index in [-0.39, 0.29) is 4.90 Å². The summed E-state index contributed by atoms with van der Waals surface area (Å²) in [7, 11) is -3.28. The largest absolute Gasteiger partial charge is 0.424 e. The van der Waals surface area contributed by atoms with Gasteiger partial charge in [0, 0.05) is 11.8 Å². The molecule has 0 bridgehead atoms. The van der Waals surface area contributed by atoms with E-state index >= 15 is 0 Å². The van der Waals surface area contributed by atoms with Crippen LogP contribution >= 0.6 is 11.6 Å². The van der Waals surface area contributed by atoms with Crippen molar-refractivity contribution in [3.63, 3.8) is 0 Å². The molecule has 0 amide bonds. The first kappa shape index (κ1) is 15.6. The highest BCUT2D eigenvalue weighted by Gasteiger charge is 2.15. The Morgan fingerprint density at radius 2 is 1.70 bits per heavy atom. The van der Waals surface area contributed by atoms with Crippen LogP contribution in [0.5, 0.6) is 0 Å². The van der Waals surface area contributed by atoms with Gasteiger partial charge in [-0.15, -0.1) is 0 Å². The lowest BCUT2D eigenvalue weighted by Crippen LogP contribution is -2.13. The molecule has 0 N–H and O–H groups in total. The summed E-state index contributed by atoms with van der Waals surface area (Å²) in [6.45, 7) is 0. The number of benzene rings is 2. The van der Waals surface area contributed by atoms with E-state index in [1.165, 1.54) is 23.0 Å². The molecule has 0 unspecified atom stereocenters. The second-order valence-electron chi connectivity index (χ2n) is 4.97. The third-order valence-corrected chi connectivity index (χ3v) is 4.81. The third-order valence-electron chi connectivity index (χ3n) is 3.37. The van der Waals surface area contributed by atoms with Crippen LogP contribution in [0, 0.1) is 0 Å². The second kappa shape index (κ2) is 5.72. The molecule has 118 valence electrons. The zero-order valence-electron chi connectivity index (χ0n) is 12.1. The molecule has 0 saturated heterocycles. The van der Waals surface area contributed by atoms with E-state index in [4.69, 9.17) is 16.0 Å². The Labute approximate surface area is 137 Å². The van der Waals surface area contributed by atoms with Crippen LogP contribution in [0.3, 0.4) is 0 Å². The third kappa shape index (κ3) is 2.95. The Kier molecular flexibility index (Phi) is 3.87. The number of rotatable bonds is 3. The van der Waals surface area contributed by atoms with E-state index in [9.17, 15) is 13.2 Å². The highest BCUT2D eigenvalue weighted by Crippen LogP contribution is 2.26. The molecular formula is C16H12ClNO4S. The fourth-order valence-corrected chi connectivity index (χ4v) is 3.09. The first-order chi connectivity index (χ1) is 10.9. The quantitative estimate of drug-likeness (QED) is 0.728. The van der Waals surface area contributed by atoms with Crippen molar-refractivity contribution in [1.29, 1.82) is 0 Å². The Balaban J connectivity index is 2.16. The van der Waals surface area contributed by atoms with E-state index in [2.05, 4.69) is 0 Å². The topological polar surface area (TPSA) is 69.3 Å². The first-order valence-electron chi connectivity index (χ1n) is 6.64. The fourth-order valence-electron chi connectivity index (χ4n) is 2.24. The summed E-state index contributed by atoms with van der Waals surface area (Å²) in [5.74, 6) is -0.569. The van der Waals surface area contributed by atoms with Crippen LogP contribution in [0.2, 0.25) is 5.02 Å². The fraction of sp³-hybridized carbons (Fsp3) is 0.0625. The number of sulfone groups is 1. The maximum absolute atomic E-state index is 12.0. The Morgan fingerprint density at radius 3 is 2.30 bits per heavy atom. The van der Waals surface area contributed by atoms with Crippen molar-refractivity contribution in [3.8, 4) is 16.9 Å². The smallest absolute Gasteiger partial charge is 0.415 e. The van der Waals surface area contributed by atoms with Gasteiger partial charge in [0.1, 0.15) is 6.26 Å². The maximum atomic E-state index is 12.0. The van der Waals surface area contributed by atoms with Gasteiger partial charge in [0.25, 0.3) is 0 Å². The summed E-state index contributed by atoms with van der Waals surface area (Å²) < 4.78 is 29.4. The Bertz CT molecular complexity index is 1020. The molecule has 1 heterocycles. The van der Waals surface area contributed by atoms with Gasteiger partial charge in [-0.1, -0.05) is 35.9 Å². The molecule has 0 atom stereocenters. The highest BCUT2D eigenvalue weighted by atomic mass is 35.5. The number of hydrogen-bond donors (Lipinski definition) is 0. The number of para-hydroxylation sites is 1. The van der Waals surface area contributed by atoms with Crippen molar-refractivity contribution in [1.82, 2.24) is 4.57 Å². The number of halogens is 1. The minimum atomic E-state index is -3.28. The second-order valence-corrected chi connectivity index (χ2v) is 7.39. The summed E-state index contributed by atoms with van der Waals surface area (Å²) in [4.78, 5) is 12.2. The molecule has 23 heavy (non-hydrogen) atoms. The zero-order chi connectivity index (χ0) is 16.6. The van der Waals surface area contributed by atoms with Gasteiger partial charge >= 0.3 is 5.76 Å². The van der Waals surface area contributed by atoms with Gasteiger partial charge in [-0.3, -0.25) is 0 Å². The molecule has 0 spiro atoms. The summed E-state index contributed by atoms with van der Waals surface area (Å²) in [6.07, 6.45) is 2.46. The summed E-state index contributed by atoms with van der Waals surface area (Å²) in [5.41, 5.74) is 1.63. The van der Waals surface area contributed by atoms with E-state index in [1.807, 2.05) is 0 Å². The van der Waals surface area contributed by atoms with Crippen molar-refractivity contribution in [3.05, 3.63) is 70.4 Å². The molecular weight excluding hydrogens is 338 g/mol. The molecule has 0 aliphatic heterocycles. The molecule has 1 aromatic heterocycles. The summed E-state index contributed by atoms with van der Waals surface area (Å²) in [6, 6.07) is 13.1. The first-order valence-corrected chi connectivity index (χ1v) is 8.91. The standard InChI is InChI=1S/C16H12ClNO4S/c1-23(20,21)12-8-6-11(7-9-12)15-10-22-16(19)18(15)14-5-3-2-4-13(14)17/h2-10H,1H3. The van der Waals surface area contributed by atoms with Gasteiger partial charge in [0.05, 0.1) is 21.3 Å². The van der Waals surface area contributed by atoms with Crippen LogP contribution in [0.4, 0.5) is 0 Å². The molecule has 0 aliphatic carbocycles. The van der Waals surface area contributed by atoms with E-state index < -0.39 is 15.6 Å². The molecule has 0 aliphatic rings. The molecule has 3 aromatic rings. The SMILES string of the molecule is CS(=O)(=O)c1ccc(-c2coc(=O)n2-c2ccccc2Cl)cc1. The molecule has 0 fully saturated rings. The number of aromatic nitrogens is 1. The van der Waals surface area contributed by atoms with Crippen molar-refractivity contribution in [2.24, 2.45) is 0 Å². The van der Waals surface area contributed by atoms with Gasteiger partial charge in [0.15, 0.2) is 9.84 Å². The average Bonchev–Trinajstić information content (AvgIpc) is 2.89. The lowest BCUT2D eigenvalue weighted by Gasteiger charge is -2.08. The monoisotopic (exact) mass is 349 g/mol. The lowest BCUT2D eigenvalue weighted by atomic mass is 10.1. The van der Waals surface area contributed by atoms with Crippen LogP contribution in [-0.4, -0.2) is 19.2 Å². The zero-order valence-corrected chi connectivity index (χ0v) is 13.6.